The van der Waals surface area contributed by atoms with Crippen molar-refractivity contribution in [1.82, 2.24) is 16.0 Å². The number of carbonyl (C=O) groups is 1. The van der Waals surface area contributed by atoms with Crippen LogP contribution in [0.5, 0.6) is 5.75 Å². The number of aliphatic imine (C=N–C) groups is 1. The van der Waals surface area contributed by atoms with Crippen molar-refractivity contribution in [3.8, 4) is 5.75 Å². The Labute approximate surface area is 188 Å². The first-order valence-electron chi connectivity index (χ1n) is 9.11. The standard InChI is InChI=1S/C20H28N4O4.HI/c1-15-6-7-16(18(13-15)28-12-11-26-3)14-24-20(21-2)23-9-8-22-19(25)17-5-4-10-27-17;/h4-7,10,13H,8-9,11-12,14H2,1-3H3,(H,22,25)(H2,21,23,24);1H. The first-order valence-corrected chi connectivity index (χ1v) is 9.11. The van der Waals surface area contributed by atoms with E-state index in [2.05, 4.69) is 20.9 Å². The van der Waals surface area contributed by atoms with Crippen LogP contribution in [0, 0.1) is 6.92 Å². The van der Waals surface area contributed by atoms with Crippen molar-refractivity contribution in [3.05, 3.63) is 53.5 Å². The van der Waals surface area contributed by atoms with Gasteiger partial charge in [0.2, 0.25) is 0 Å². The zero-order chi connectivity index (χ0) is 20.2. The van der Waals surface area contributed by atoms with E-state index >= 15 is 0 Å². The van der Waals surface area contributed by atoms with Gasteiger partial charge in [0.15, 0.2) is 11.7 Å². The van der Waals surface area contributed by atoms with Crippen molar-refractivity contribution in [2.75, 3.05) is 40.5 Å². The molecule has 0 spiro atoms. The van der Waals surface area contributed by atoms with E-state index in [-0.39, 0.29) is 29.9 Å². The highest BCUT2D eigenvalue weighted by molar-refractivity contribution is 14.0. The summed E-state index contributed by atoms with van der Waals surface area (Å²) in [6.07, 6.45) is 1.47. The minimum atomic E-state index is -0.243. The number of amides is 1. The number of halogens is 1. The predicted octanol–water partition coefficient (Wildman–Crippen LogP) is 2.33. The molecule has 2 rings (SSSR count). The Bertz CT molecular complexity index is 766. The van der Waals surface area contributed by atoms with Gasteiger partial charge in [-0.2, -0.15) is 0 Å². The van der Waals surface area contributed by atoms with E-state index in [0.29, 0.717) is 44.6 Å². The molecule has 29 heavy (non-hydrogen) atoms. The van der Waals surface area contributed by atoms with Gasteiger partial charge in [0.1, 0.15) is 12.4 Å². The Balaban J connectivity index is 0.00000420. The number of benzene rings is 1. The molecule has 0 aliphatic carbocycles. The van der Waals surface area contributed by atoms with Gasteiger partial charge in [0.25, 0.3) is 5.91 Å². The van der Waals surface area contributed by atoms with Crippen molar-refractivity contribution < 1.29 is 18.7 Å². The number of carbonyl (C=O) groups excluding carboxylic acids is 1. The summed E-state index contributed by atoms with van der Waals surface area (Å²) in [5.41, 5.74) is 2.15. The molecule has 160 valence electrons. The second-order valence-electron chi connectivity index (χ2n) is 6.04. The van der Waals surface area contributed by atoms with E-state index in [4.69, 9.17) is 13.9 Å². The number of guanidine groups is 1. The van der Waals surface area contributed by atoms with Gasteiger partial charge < -0.3 is 29.8 Å². The lowest BCUT2D eigenvalue weighted by Crippen LogP contribution is -2.41. The van der Waals surface area contributed by atoms with Crippen LogP contribution in [0.25, 0.3) is 0 Å². The summed E-state index contributed by atoms with van der Waals surface area (Å²) in [7, 11) is 3.34. The number of nitrogens with one attached hydrogen (secondary N) is 3. The van der Waals surface area contributed by atoms with E-state index in [1.54, 1.807) is 26.3 Å². The molecule has 0 fully saturated rings. The summed E-state index contributed by atoms with van der Waals surface area (Å²) in [4.78, 5) is 16.0. The fourth-order valence-corrected chi connectivity index (χ4v) is 2.43. The van der Waals surface area contributed by atoms with E-state index < -0.39 is 0 Å². The summed E-state index contributed by atoms with van der Waals surface area (Å²) < 4.78 is 15.9. The Morgan fingerprint density at radius 2 is 1.93 bits per heavy atom. The van der Waals surface area contributed by atoms with Crippen molar-refractivity contribution in [2.45, 2.75) is 13.5 Å². The number of aryl methyl sites for hydroxylation is 1. The highest BCUT2D eigenvalue weighted by Crippen LogP contribution is 2.20. The van der Waals surface area contributed by atoms with Crippen LogP contribution in [-0.4, -0.2) is 52.3 Å². The van der Waals surface area contributed by atoms with E-state index in [1.807, 2.05) is 25.1 Å². The quantitative estimate of drug-likeness (QED) is 0.194. The summed E-state index contributed by atoms with van der Waals surface area (Å²) in [6.45, 7) is 4.58. The fourth-order valence-electron chi connectivity index (χ4n) is 2.43. The molecule has 3 N–H and O–H groups in total. The zero-order valence-electron chi connectivity index (χ0n) is 17.0. The lowest BCUT2D eigenvalue weighted by molar-refractivity contribution is 0.0926. The average Bonchev–Trinajstić information content (AvgIpc) is 3.23. The molecule has 8 nitrogen and oxygen atoms in total. The molecule has 9 heteroatoms. The largest absolute Gasteiger partial charge is 0.491 e. The molecule has 0 bridgehead atoms. The van der Waals surface area contributed by atoms with Gasteiger partial charge >= 0.3 is 0 Å². The van der Waals surface area contributed by atoms with Crippen LogP contribution >= 0.6 is 24.0 Å². The third-order valence-electron chi connectivity index (χ3n) is 3.89. The van der Waals surface area contributed by atoms with Crippen molar-refractivity contribution in [3.63, 3.8) is 0 Å². The molecule has 0 saturated heterocycles. The Morgan fingerprint density at radius 3 is 2.62 bits per heavy atom. The topological polar surface area (TPSA) is 97.1 Å². The van der Waals surface area contributed by atoms with Crippen LogP contribution in [0.3, 0.4) is 0 Å². The SMILES string of the molecule is CN=C(NCCNC(=O)c1ccco1)NCc1ccc(C)cc1OCCOC.I. The zero-order valence-corrected chi connectivity index (χ0v) is 19.3. The summed E-state index contributed by atoms with van der Waals surface area (Å²) in [6, 6.07) is 9.38. The van der Waals surface area contributed by atoms with Gasteiger partial charge in [0, 0.05) is 39.4 Å². The molecule has 1 heterocycles. The maximum Gasteiger partial charge on any atom is 0.287 e. The minimum Gasteiger partial charge on any atom is -0.491 e. The van der Waals surface area contributed by atoms with E-state index in [0.717, 1.165) is 16.9 Å². The third-order valence-corrected chi connectivity index (χ3v) is 3.89. The molecule has 1 amide bonds. The first kappa shape index (κ1) is 24.8. The third kappa shape index (κ3) is 8.73. The molecule has 0 saturated carbocycles. The number of hydrogen-bond donors (Lipinski definition) is 3. The summed E-state index contributed by atoms with van der Waals surface area (Å²) >= 11 is 0. The normalized spacial score (nSPS) is 10.8. The van der Waals surface area contributed by atoms with Crippen LogP contribution in [-0.2, 0) is 11.3 Å². The highest BCUT2D eigenvalue weighted by Gasteiger charge is 2.08. The van der Waals surface area contributed by atoms with E-state index in [9.17, 15) is 4.79 Å². The van der Waals surface area contributed by atoms with Crippen LogP contribution in [0.2, 0.25) is 0 Å². The lowest BCUT2D eigenvalue weighted by Gasteiger charge is -2.15. The number of nitrogens with zero attached hydrogens (tertiary/aromatic N) is 1. The lowest BCUT2D eigenvalue weighted by atomic mass is 10.1. The van der Waals surface area contributed by atoms with Gasteiger partial charge in [-0.1, -0.05) is 12.1 Å². The predicted molar refractivity (Wildman–Crippen MR) is 123 cm³/mol. The van der Waals surface area contributed by atoms with Crippen LogP contribution in [0.4, 0.5) is 0 Å². The smallest absolute Gasteiger partial charge is 0.287 e. The molecule has 1 aromatic carbocycles. The van der Waals surface area contributed by atoms with Crippen molar-refractivity contribution in [1.29, 1.82) is 0 Å². The molecular weight excluding hydrogens is 487 g/mol. The number of hydrogen-bond acceptors (Lipinski definition) is 5. The van der Waals surface area contributed by atoms with Crippen LogP contribution < -0.4 is 20.7 Å². The molecular formula is C20H29IN4O4. The number of methoxy groups -OCH3 is 1. The highest BCUT2D eigenvalue weighted by atomic mass is 127. The molecule has 0 aliphatic heterocycles. The Kier molecular flexibility index (Phi) is 11.8. The van der Waals surface area contributed by atoms with Crippen LogP contribution in [0.15, 0.2) is 46.0 Å². The Morgan fingerprint density at radius 1 is 1.14 bits per heavy atom. The van der Waals surface area contributed by atoms with Gasteiger partial charge in [-0.15, -0.1) is 24.0 Å². The summed E-state index contributed by atoms with van der Waals surface area (Å²) in [5.74, 6) is 1.51. The van der Waals surface area contributed by atoms with Crippen LogP contribution in [0.1, 0.15) is 21.7 Å². The van der Waals surface area contributed by atoms with Gasteiger partial charge in [-0.05, 0) is 30.7 Å². The van der Waals surface area contributed by atoms with Gasteiger partial charge in [-0.3, -0.25) is 9.79 Å². The van der Waals surface area contributed by atoms with Gasteiger partial charge in [0.05, 0.1) is 12.9 Å². The second kappa shape index (κ2) is 13.8. The Hall–Kier alpha value is -2.27. The average molecular weight is 516 g/mol. The maximum atomic E-state index is 11.8. The molecule has 0 unspecified atom stereocenters. The summed E-state index contributed by atoms with van der Waals surface area (Å²) in [5, 5.41) is 9.18. The molecule has 0 atom stereocenters. The van der Waals surface area contributed by atoms with E-state index in [1.165, 1.54) is 6.26 Å². The van der Waals surface area contributed by atoms with Crippen molar-refractivity contribution in [2.24, 2.45) is 4.99 Å². The molecule has 2 aromatic rings. The molecule has 0 aliphatic rings. The molecule has 0 radical (unpaired) electrons. The first-order chi connectivity index (χ1) is 13.6. The second-order valence-corrected chi connectivity index (χ2v) is 6.04. The number of rotatable bonds is 10. The minimum absolute atomic E-state index is 0. The number of ether oxygens (including phenoxy) is 2. The number of furan rings is 1. The van der Waals surface area contributed by atoms with Gasteiger partial charge in [-0.25, -0.2) is 0 Å². The van der Waals surface area contributed by atoms with Crippen molar-refractivity contribution >= 4 is 35.8 Å². The monoisotopic (exact) mass is 516 g/mol. The molecule has 1 aromatic heterocycles. The maximum absolute atomic E-state index is 11.8. The fraction of sp³-hybridized carbons (Fsp3) is 0.400.